The Hall–Kier alpha value is -1.20. The summed E-state index contributed by atoms with van der Waals surface area (Å²) in [4.78, 5) is 16.5. The average Bonchev–Trinajstić information content (AvgIpc) is 3.12. The molecular weight excluding hydrogens is 364 g/mol. The summed E-state index contributed by atoms with van der Waals surface area (Å²) in [6, 6.07) is -0.227. The number of amides is 1. The van der Waals surface area contributed by atoms with Crippen LogP contribution in [0.5, 0.6) is 0 Å². The number of sulfone groups is 1. The van der Waals surface area contributed by atoms with E-state index in [1.807, 2.05) is 32.8 Å². The molecular formula is C14H26N6O3S2. The highest BCUT2D eigenvalue weighted by molar-refractivity contribution is 8.00. The third-order valence-corrected chi connectivity index (χ3v) is 6.97. The van der Waals surface area contributed by atoms with Crippen molar-refractivity contribution >= 4 is 27.5 Å². The second-order valence-corrected chi connectivity index (χ2v) is 9.97. The van der Waals surface area contributed by atoms with E-state index in [4.69, 9.17) is 0 Å². The predicted molar refractivity (Wildman–Crippen MR) is 96.1 cm³/mol. The normalized spacial score (nSPS) is 20.8. The highest BCUT2D eigenvalue weighted by atomic mass is 32.2. The topological polar surface area (TPSA) is 101 Å². The van der Waals surface area contributed by atoms with Gasteiger partial charge in [0, 0.05) is 19.1 Å². The zero-order valence-corrected chi connectivity index (χ0v) is 16.8. The van der Waals surface area contributed by atoms with Gasteiger partial charge >= 0.3 is 0 Å². The fourth-order valence-corrected chi connectivity index (χ4v) is 5.39. The van der Waals surface area contributed by atoms with Crippen LogP contribution in [0.25, 0.3) is 0 Å². The molecule has 1 aromatic rings. The largest absolute Gasteiger partial charge is 0.338 e. The van der Waals surface area contributed by atoms with Gasteiger partial charge in [-0.3, -0.25) is 4.79 Å². The number of tetrazole rings is 1. The molecule has 2 rings (SSSR count). The van der Waals surface area contributed by atoms with E-state index in [1.165, 1.54) is 11.8 Å². The van der Waals surface area contributed by atoms with Crippen molar-refractivity contribution in [1.29, 1.82) is 0 Å². The minimum Gasteiger partial charge on any atom is -0.338 e. The van der Waals surface area contributed by atoms with E-state index in [2.05, 4.69) is 15.5 Å². The first-order valence-electron chi connectivity index (χ1n) is 8.32. The van der Waals surface area contributed by atoms with Gasteiger partial charge in [-0.15, -0.1) is 5.10 Å². The number of aromatic nitrogens is 4. The van der Waals surface area contributed by atoms with Crippen LogP contribution < -0.4 is 0 Å². The Morgan fingerprint density at radius 3 is 2.72 bits per heavy atom. The number of carbonyl (C=O) groups is 1. The Morgan fingerprint density at radius 2 is 2.16 bits per heavy atom. The quantitative estimate of drug-likeness (QED) is 0.560. The minimum absolute atomic E-state index is 0.0601. The third kappa shape index (κ3) is 5.38. The van der Waals surface area contributed by atoms with Gasteiger partial charge in [-0.2, -0.15) is 0 Å². The van der Waals surface area contributed by atoms with Gasteiger partial charge in [-0.05, 0) is 44.8 Å². The van der Waals surface area contributed by atoms with E-state index in [0.29, 0.717) is 24.7 Å². The Bertz CT molecular complexity index is 690. The molecule has 0 aliphatic carbocycles. The SMILES string of the molecule is CCN(C(=O)C(C)Sc1nnnn1CCN(C)C)C1CCS(=O)(=O)C1. The lowest BCUT2D eigenvalue weighted by Gasteiger charge is -2.29. The van der Waals surface area contributed by atoms with Crippen LogP contribution in [0.4, 0.5) is 0 Å². The third-order valence-electron chi connectivity index (χ3n) is 4.16. The van der Waals surface area contributed by atoms with E-state index in [0.717, 1.165) is 6.54 Å². The maximum Gasteiger partial charge on any atom is 0.236 e. The number of likely N-dealkylation sites (N-methyl/N-ethyl adjacent to an activating group) is 1. The van der Waals surface area contributed by atoms with Gasteiger partial charge in [-0.1, -0.05) is 11.8 Å². The monoisotopic (exact) mass is 390 g/mol. The molecule has 2 heterocycles. The van der Waals surface area contributed by atoms with E-state index in [9.17, 15) is 13.2 Å². The van der Waals surface area contributed by atoms with E-state index in [1.54, 1.807) is 9.58 Å². The van der Waals surface area contributed by atoms with Crippen molar-refractivity contribution in [2.75, 3.05) is 38.7 Å². The standard InChI is InChI=1S/C14H26N6O3S2/c1-5-19(12-6-9-25(22,23)10-12)13(21)11(2)24-14-15-16-17-20(14)8-7-18(3)4/h11-12H,5-10H2,1-4H3. The second kappa shape index (κ2) is 8.45. The molecule has 25 heavy (non-hydrogen) atoms. The molecule has 1 saturated heterocycles. The molecule has 0 N–H and O–H groups in total. The Morgan fingerprint density at radius 1 is 1.44 bits per heavy atom. The molecule has 2 atom stereocenters. The fraction of sp³-hybridized carbons (Fsp3) is 0.857. The van der Waals surface area contributed by atoms with Crippen LogP contribution in [0.2, 0.25) is 0 Å². The Balaban J connectivity index is 2.01. The van der Waals surface area contributed by atoms with Gasteiger partial charge in [0.1, 0.15) is 0 Å². The number of thioether (sulfide) groups is 1. The molecule has 11 heteroatoms. The molecule has 1 aromatic heterocycles. The van der Waals surface area contributed by atoms with Crippen LogP contribution in [0.1, 0.15) is 20.3 Å². The second-order valence-electron chi connectivity index (χ2n) is 6.43. The van der Waals surface area contributed by atoms with Crippen molar-refractivity contribution < 1.29 is 13.2 Å². The summed E-state index contributed by atoms with van der Waals surface area (Å²) in [5.41, 5.74) is 0. The van der Waals surface area contributed by atoms with Gasteiger partial charge in [0.2, 0.25) is 11.1 Å². The summed E-state index contributed by atoms with van der Waals surface area (Å²) < 4.78 is 25.1. The zero-order valence-electron chi connectivity index (χ0n) is 15.1. The zero-order chi connectivity index (χ0) is 18.6. The molecule has 0 radical (unpaired) electrons. The lowest BCUT2D eigenvalue weighted by Crippen LogP contribution is -2.44. The summed E-state index contributed by atoms with van der Waals surface area (Å²) in [5, 5.41) is 11.9. The number of nitrogens with zero attached hydrogens (tertiary/aromatic N) is 6. The number of carbonyl (C=O) groups excluding carboxylic acids is 1. The summed E-state index contributed by atoms with van der Waals surface area (Å²) in [6.45, 7) is 5.62. The molecule has 0 saturated carbocycles. The van der Waals surface area contributed by atoms with Crippen LogP contribution in [0.15, 0.2) is 5.16 Å². The molecule has 142 valence electrons. The van der Waals surface area contributed by atoms with Crippen LogP contribution in [0.3, 0.4) is 0 Å². The van der Waals surface area contributed by atoms with E-state index >= 15 is 0 Å². The van der Waals surface area contributed by atoms with Crippen molar-refractivity contribution in [3.63, 3.8) is 0 Å². The number of rotatable bonds is 8. The first-order chi connectivity index (χ1) is 11.7. The molecule has 0 spiro atoms. The van der Waals surface area contributed by atoms with Crippen molar-refractivity contribution in [2.45, 2.75) is 43.3 Å². The Kier molecular flexibility index (Phi) is 6.80. The average molecular weight is 391 g/mol. The maximum absolute atomic E-state index is 12.8. The van der Waals surface area contributed by atoms with Gasteiger partial charge < -0.3 is 9.80 Å². The predicted octanol–water partition coefficient (Wildman–Crippen LogP) is -0.249. The summed E-state index contributed by atoms with van der Waals surface area (Å²) in [7, 11) is 0.917. The smallest absolute Gasteiger partial charge is 0.236 e. The van der Waals surface area contributed by atoms with Gasteiger partial charge in [0.05, 0.1) is 23.3 Å². The van der Waals surface area contributed by atoms with Gasteiger partial charge in [-0.25, -0.2) is 13.1 Å². The lowest BCUT2D eigenvalue weighted by molar-refractivity contribution is -0.131. The highest BCUT2D eigenvalue weighted by Gasteiger charge is 2.35. The van der Waals surface area contributed by atoms with Crippen molar-refractivity contribution in [3.05, 3.63) is 0 Å². The van der Waals surface area contributed by atoms with E-state index in [-0.39, 0.29) is 28.7 Å². The van der Waals surface area contributed by atoms with Crippen LogP contribution in [0, 0.1) is 0 Å². The molecule has 1 amide bonds. The molecule has 0 bridgehead atoms. The number of hydrogen-bond donors (Lipinski definition) is 0. The molecule has 1 fully saturated rings. The van der Waals surface area contributed by atoms with Gasteiger partial charge in [0.25, 0.3) is 0 Å². The van der Waals surface area contributed by atoms with E-state index < -0.39 is 9.84 Å². The summed E-state index contributed by atoms with van der Waals surface area (Å²) in [6.07, 6.45) is 0.514. The summed E-state index contributed by atoms with van der Waals surface area (Å²) in [5.74, 6) is 0.146. The highest BCUT2D eigenvalue weighted by Crippen LogP contribution is 2.25. The molecule has 0 aromatic carbocycles. The first-order valence-corrected chi connectivity index (χ1v) is 11.0. The number of hydrogen-bond acceptors (Lipinski definition) is 8. The van der Waals surface area contributed by atoms with Crippen LogP contribution in [-0.2, 0) is 21.2 Å². The van der Waals surface area contributed by atoms with Crippen molar-refractivity contribution in [3.8, 4) is 0 Å². The minimum atomic E-state index is -3.02. The fourth-order valence-electron chi connectivity index (χ4n) is 2.77. The Labute approximate surface area is 153 Å². The van der Waals surface area contributed by atoms with Gasteiger partial charge in [0.15, 0.2) is 9.84 Å². The van der Waals surface area contributed by atoms with Crippen molar-refractivity contribution in [1.82, 2.24) is 30.0 Å². The van der Waals surface area contributed by atoms with Crippen LogP contribution >= 0.6 is 11.8 Å². The molecule has 2 unspecified atom stereocenters. The molecule has 1 aliphatic heterocycles. The molecule has 9 nitrogen and oxygen atoms in total. The van der Waals surface area contributed by atoms with Crippen molar-refractivity contribution in [2.24, 2.45) is 0 Å². The first kappa shape index (κ1) is 20.1. The molecule has 1 aliphatic rings. The maximum atomic E-state index is 12.8. The lowest BCUT2D eigenvalue weighted by atomic mass is 10.2. The summed E-state index contributed by atoms with van der Waals surface area (Å²) >= 11 is 1.31. The van der Waals surface area contributed by atoms with Crippen LogP contribution in [-0.4, -0.2) is 94.3 Å².